The van der Waals surface area contributed by atoms with Gasteiger partial charge in [-0.15, -0.1) is 0 Å². The number of nitrogens with two attached hydrogens (primary N) is 2. The second-order valence-corrected chi connectivity index (χ2v) is 3.31. The van der Waals surface area contributed by atoms with E-state index in [1.165, 1.54) is 5.56 Å². The monoisotopic (exact) mass is 207 g/mol. The number of hydrogen-bond donors (Lipinski definition) is 2. The number of nitrogens with zero attached hydrogens (tertiary/aromatic N) is 1. The van der Waals surface area contributed by atoms with Crippen LogP contribution in [0.3, 0.4) is 0 Å². The third-order valence-corrected chi connectivity index (χ3v) is 1.96. The predicted octanol–water partition coefficient (Wildman–Crippen LogP) is 0.996. The van der Waals surface area contributed by atoms with Crippen molar-refractivity contribution >= 4 is 5.84 Å². The smallest absolute Gasteiger partial charge is 0.142 e. The lowest BCUT2D eigenvalue weighted by Gasteiger charge is -2.07. The molecule has 0 aromatic heterocycles. The van der Waals surface area contributed by atoms with E-state index in [2.05, 4.69) is 5.16 Å². The zero-order chi connectivity index (χ0) is 11.1. The molecule has 0 spiro atoms. The van der Waals surface area contributed by atoms with Gasteiger partial charge in [0.25, 0.3) is 0 Å². The van der Waals surface area contributed by atoms with Gasteiger partial charge in [0.2, 0.25) is 0 Å². The summed E-state index contributed by atoms with van der Waals surface area (Å²) in [6.45, 7) is 2.76. The average molecular weight is 207 g/mol. The molecule has 4 nitrogen and oxygen atoms in total. The van der Waals surface area contributed by atoms with Gasteiger partial charge in [0.15, 0.2) is 0 Å². The fourth-order valence-corrected chi connectivity index (χ4v) is 1.30. The molecule has 0 radical (unpaired) electrons. The van der Waals surface area contributed by atoms with Crippen LogP contribution in [0.2, 0.25) is 0 Å². The highest BCUT2D eigenvalue weighted by molar-refractivity contribution is 5.76. The molecule has 0 amide bonds. The highest BCUT2D eigenvalue weighted by atomic mass is 16.6. The van der Waals surface area contributed by atoms with Crippen LogP contribution in [-0.4, -0.2) is 12.4 Å². The quantitative estimate of drug-likeness (QED) is 0.429. The van der Waals surface area contributed by atoms with Gasteiger partial charge in [-0.2, -0.15) is 0 Å². The number of rotatable bonds is 5. The van der Waals surface area contributed by atoms with Crippen molar-refractivity contribution in [3.63, 3.8) is 0 Å². The summed E-state index contributed by atoms with van der Waals surface area (Å²) in [6.07, 6.45) is 0.852. The summed E-state index contributed by atoms with van der Waals surface area (Å²) in [5, 5.41) is 3.68. The SMILES string of the molecule is C/C(N)=N/OCc1ccccc1CCN. The molecule has 0 aliphatic heterocycles. The molecule has 1 rings (SSSR count). The fraction of sp³-hybridized carbons (Fsp3) is 0.364. The van der Waals surface area contributed by atoms with Crippen molar-refractivity contribution in [1.82, 2.24) is 0 Å². The summed E-state index contributed by atoms with van der Waals surface area (Å²) >= 11 is 0. The second-order valence-electron chi connectivity index (χ2n) is 3.31. The van der Waals surface area contributed by atoms with Crippen LogP contribution in [0.15, 0.2) is 29.4 Å². The molecule has 1 aromatic carbocycles. The highest BCUT2D eigenvalue weighted by Crippen LogP contribution is 2.10. The Labute approximate surface area is 89.9 Å². The molecule has 15 heavy (non-hydrogen) atoms. The van der Waals surface area contributed by atoms with E-state index in [4.69, 9.17) is 16.3 Å². The minimum Gasteiger partial charge on any atom is -0.390 e. The maximum absolute atomic E-state index is 5.52. The molecule has 0 saturated carbocycles. The molecule has 0 aliphatic carbocycles. The van der Waals surface area contributed by atoms with Gasteiger partial charge in [-0.3, -0.25) is 0 Å². The van der Waals surface area contributed by atoms with Crippen LogP contribution in [0.25, 0.3) is 0 Å². The maximum Gasteiger partial charge on any atom is 0.142 e. The first kappa shape index (κ1) is 11.5. The van der Waals surface area contributed by atoms with E-state index in [9.17, 15) is 0 Å². The Hall–Kier alpha value is -1.55. The minimum absolute atomic E-state index is 0.423. The van der Waals surface area contributed by atoms with Gasteiger partial charge in [-0.1, -0.05) is 29.4 Å². The molecule has 0 bridgehead atoms. The summed E-state index contributed by atoms with van der Waals surface area (Å²) in [5.41, 5.74) is 13.2. The van der Waals surface area contributed by atoms with Crippen LogP contribution in [0.5, 0.6) is 0 Å². The Balaban J connectivity index is 2.63. The number of amidine groups is 1. The van der Waals surface area contributed by atoms with Gasteiger partial charge >= 0.3 is 0 Å². The lowest BCUT2D eigenvalue weighted by atomic mass is 10.1. The maximum atomic E-state index is 5.52. The van der Waals surface area contributed by atoms with Gasteiger partial charge in [-0.05, 0) is 31.0 Å². The first-order valence-corrected chi connectivity index (χ1v) is 4.93. The Morgan fingerprint density at radius 3 is 2.60 bits per heavy atom. The lowest BCUT2D eigenvalue weighted by Crippen LogP contribution is -2.07. The molecule has 0 aliphatic rings. The summed E-state index contributed by atoms with van der Waals surface area (Å²) in [6, 6.07) is 8.01. The van der Waals surface area contributed by atoms with E-state index >= 15 is 0 Å². The Morgan fingerprint density at radius 2 is 2.00 bits per heavy atom. The summed E-state index contributed by atoms with van der Waals surface area (Å²) in [4.78, 5) is 5.09. The van der Waals surface area contributed by atoms with Crippen molar-refractivity contribution in [1.29, 1.82) is 0 Å². The van der Waals surface area contributed by atoms with Crippen LogP contribution in [0.4, 0.5) is 0 Å². The number of oxime groups is 1. The van der Waals surface area contributed by atoms with Crippen molar-refractivity contribution in [3.8, 4) is 0 Å². The van der Waals surface area contributed by atoms with Gasteiger partial charge in [0, 0.05) is 0 Å². The minimum atomic E-state index is 0.423. The van der Waals surface area contributed by atoms with Crippen LogP contribution in [0, 0.1) is 0 Å². The van der Waals surface area contributed by atoms with Gasteiger partial charge in [0.1, 0.15) is 12.4 Å². The van der Waals surface area contributed by atoms with E-state index in [1.807, 2.05) is 24.3 Å². The lowest BCUT2D eigenvalue weighted by molar-refractivity contribution is 0.129. The van der Waals surface area contributed by atoms with E-state index < -0.39 is 0 Å². The third-order valence-electron chi connectivity index (χ3n) is 1.96. The van der Waals surface area contributed by atoms with E-state index in [0.717, 1.165) is 12.0 Å². The molecule has 0 fully saturated rings. The van der Waals surface area contributed by atoms with Crippen molar-refractivity contribution in [2.24, 2.45) is 16.6 Å². The first-order valence-electron chi connectivity index (χ1n) is 4.93. The number of hydrogen-bond acceptors (Lipinski definition) is 3. The molecule has 0 saturated heterocycles. The van der Waals surface area contributed by atoms with Gasteiger partial charge < -0.3 is 16.3 Å². The molecule has 0 unspecified atom stereocenters. The van der Waals surface area contributed by atoms with E-state index in [1.54, 1.807) is 6.92 Å². The third kappa shape index (κ3) is 3.99. The predicted molar refractivity (Wildman–Crippen MR) is 61.3 cm³/mol. The molecular formula is C11H17N3O. The molecule has 0 heterocycles. The summed E-state index contributed by atoms with van der Waals surface area (Å²) in [7, 11) is 0. The Bertz CT molecular complexity index is 332. The zero-order valence-electron chi connectivity index (χ0n) is 8.94. The van der Waals surface area contributed by atoms with Crippen LogP contribution in [-0.2, 0) is 17.9 Å². The molecular weight excluding hydrogens is 190 g/mol. The van der Waals surface area contributed by atoms with Crippen LogP contribution >= 0.6 is 0 Å². The van der Waals surface area contributed by atoms with Gasteiger partial charge in [-0.25, -0.2) is 0 Å². The van der Waals surface area contributed by atoms with E-state index in [-0.39, 0.29) is 0 Å². The Morgan fingerprint density at radius 1 is 1.33 bits per heavy atom. The summed E-state index contributed by atoms with van der Waals surface area (Å²) in [5.74, 6) is 0.423. The average Bonchev–Trinajstić information content (AvgIpc) is 2.20. The van der Waals surface area contributed by atoms with Crippen molar-refractivity contribution < 1.29 is 4.84 Å². The largest absolute Gasteiger partial charge is 0.390 e. The molecule has 4 N–H and O–H groups in total. The fourth-order valence-electron chi connectivity index (χ4n) is 1.30. The van der Waals surface area contributed by atoms with Crippen molar-refractivity contribution in [2.45, 2.75) is 20.0 Å². The number of benzene rings is 1. The normalized spacial score (nSPS) is 11.5. The van der Waals surface area contributed by atoms with Crippen LogP contribution < -0.4 is 11.5 Å². The zero-order valence-corrected chi connectivity index (χ0v) is 8.94. The highest BCUT2D eigenvalue weighted by Gasteiger charge is 2.00. The topological polar surface area (TPSA) is 73.6 Å². The Kier molecular flexibility index (Phi) is 4.63. The molecule has 0 atom stereocenters. The second kappa shape index (κ2) is 6.03. The van der Waals surface area contributed by atoms with Crippen molar-refractivity contribution in [2.75, 3.05) is 6.54 Å². The van der Waals surface area contributed by atoms with Crippen LogP contribution in [0.1, 0.15) is 18.1 Å². The molecule has 4 heteroatoms. The molecule has 82 valence electrons. The van der Waals surface area contributed by atoms with E-state index in [0.29, 0.717) is 19.0 Å². The summed E-state index contributed by atoms with van der Waals surface area (Å²) < 4.78 is 0. The molecule has 1 aromatic rings. The van der Waals surface area contributed by atoms with Crippen molar-refractivity contribution in [3.05, 3.63) is 35.4 Å². The standard InChI is InChI=1S/C11H17N3O/c1-9(13)14-15-8-11-5-3-2-4-10(11)6-7-12/h2-5H,6-8,12H2,1H3,(H2,13,14). The first-order chi connectivity index (χ1) is 7.24. The van der Waals surface area contributed by atoms with Gasteiger partial charge in [0.05, 0.1) is 0 Å².